The lowest BCUT2D eigenvalue weighted by atomic mass is 10.0. The lowest BCUT2D eigenvalue weighted by molar-refractivity contribution is -0.137. The number of primary amides is 1. The van der Waals surface area contributed by atoms with Crippen LogP contribution in [0.1, 0.15) is 64.9 Å². The van der Waals surface area contributed by atoms with Crippen molar-refractivity contribution in [1.82, 2.24) is 5.32 Å². The average molecular weight is 440 g/mol. The van der Waals surface area contributed by atoms with Gasteiger partial charge in [0.25, 0.3) is 0 Å². The summed E-state index contributed by atoms with van der Waals surface area (Å²) in [5.74, 6) is -1.71. The minimum absolute atomic E-state index is 0.0704. The van der Waals surface area contributed by atoms with Gasteiger partial charge in [-0.2, -0.15) is 0 Å². The molecule has 0 heterocycles. The van der Waals surface area contributed by atoms with Gasteiger partial charge in [-0.3, -0.25) is 9.59 Å². The van der Waals surface area contributed by atoms with Crippen LogP contribution in [0.2, 0.25) is 0 Å². The van der Waals surface area contributed by atoms with Gasteiger partial charge in [0.15, 0.2) is 0 Å². The number of carboxylic acids is 1. The number of aryl methyl sites for hydroxylation is 1. The van der Waals surface area contributed by atoms with Crippen LogP contribution in [0.5, 0.6) is 0 Å². The number of benzene rings is 1. The third-order valence-corrected chi connectivity index (χ3v) is 4.41. The van der Waals surface area contributed by atoms with Crippen LogP contribution in [0.25, 0.3) is 0 Å². The minimum Gasteiger partial charge on any atom is -0.481 e. The first-order valence-electron chi connectivity index (χ1n) is 10.5. The Balaban J connectivity index is 2.68. The van der Waals surface area contributed by atoms with Gasteiger partial charge < -0.3 is 26.2 Å². The first kappa shape index (κ1) is 26.2. The van der Waals surface area contributed by atoms with Crippen LogP contribution in [-0.2, 0) is 20.7 Å². The SMILES string of the molecule is CC(C)(C)OC(=O)N[C@@H](CCC(N)=O)CNc1cccc(CCCCCC(=O)O)c1F. The Labute approximate surface area is 182 Å². The summed E-state index contributed by atoms with van der Waals surface area (Å²) in [5.41, 5.74) is 5.37. The second-order valence-electron chi connectivity index (χ2n) is 8.46. The fourth-order valence-corrected chi connectivity index (χ4v) is 2.93. The number of amides is 2. The van der Waals surface area contributed by atoms with Crippen LogP contribution in [0.15, 0.2) is 18.2 Å². The van der Waals surface area contributed by atoms with Crippen LogP contribution in [0.3, 0.4) is 0 Å². The number of nitrogens with one attached hydrogen (secondary N) is 2. The van der Waals surface area contributed by atoms with Crippen molar-refractivity contribution in [2.75, 3.05) is 11.9 Å². The first-order valence-corrected chi connectivity index (χ1v) is 10.5. The first-order chi connectivity index (χ1) is 14.5. The molecule has 0 aromatic heterocycles. The van der Waals surface area contributed by atoms with E-state index in [1.807, 2.05) is 0 Å². The Morgan fingerprint density at radius 1 is 1.16 bits per heavy atom. The number of alkyl carbamates (subject to hydrolysis) is 1. The number of aliphatic carboxylic acids is 1. The monoisotopic (exact) mass is 439 g/mol. The molecule has 5 N–H and O–H groups in total. The van der Waals surface area contributed by atoms with E-state index in [-0.39, 0.29) is 37.3 Å². The number of carbonyl (C=O) groups is 3. The molecule has 174 valence electrons. The Bertz CT molecular complexity index is 749. The predicted octanol–water partition coefficient (Wildman–Crippen LogP) is 3.58. The molecular formula is C22H34FN3O5. The van der Waals surface area contributed by atoms with Gasteiger partial charge in [-0.15, -0.1) is 0 Å². The maximum atomic E-state index is 14.8. The molecule has 1 aromatic carbocycles. The Morgan fingerprint density at radius 2 is 1.87 bits per heavy atom. The summed E-state index contributed by atoms with van der Waals surface area (Å²) in [7, 11) is 0. The average Bonchev–Trinajstić information content (AvgIpc) is 2.63. The smallest absolute Gasteiger partial charge is 0.407 e. The van der Waals surface area contributed by atoms with Crippen molar-refractivity contribution in [3.63, 3.8) is 0 Å². The number of hydrogen-bond donors (Lipinski definition) is 4. The van der Waals surface area contributed by atoms with E-state index in [4.69, 9.17) is 15.6 Å². The van der Waals surface area contributed by atoms with Gasteiger partial charge in [0.1, 0.15) is 11.4 Å². The fraction of sp³-hybridized carbons (Fsp3) is 0.591. The molecule has 0 unspecified atom stereocenters. The number of hydrogen-bond acceptors (Lipinski definition) is 5. The molecule has 0 aliphatic carbocycles. The molecule has 8 nitrogen and oxygen atoms in total. The van der Waals surface area contributed by atoms with E-state index in [0.29, 0.717) is 31.2 Å². The Hall–Kier alpha value is -2.84. The predicted molar refractivity (Wildman–Crippen MR) is 116 cm³/mol. The van der Waals surface area contributed by atoms with E-state index >= 15 is 0 Å². The summed E-state index contributed by atoms with van der Waals surface area (Å²) in [6.07, 6.45) is 2.30. The summed E-state index contributed by atoms with van der Waals surface area (Å²) < 4.78 is 20.1. The zero-order valence-corrected chi connectivity index (χ0v) is 18.5. The van der Waals surface area contributed by atoms with Crippen molar-refractivity contribution in [3.8, 4) is 0 Å². The van der Waals surface area contributed by atoms with Crippen LogP contribution < -0.4 is 16.4 Å². The van der Waals surface area contributed by atoms with Crippen molar-refractivity contribution >= 4 is 23.7 Å². The number of unbranched alkanes of at least 4 members (excludes halogenated alkanes) is 2. The lowest BCUT2D eigenvalue weighted by Gasteiger charge is -2.24. The molecule has 1 aromatic rings. The molecule has 1 atom stereocenters. The zero-order valence-electron chi connectivity index (χ0n) is 18.5. The van der Waals surface area contributed by atoms with Gasteiger partial charge in [-0.1, -0.05) is 18.6 Å². The molecular weight excluding hydrogens is 405 g/mol. The summed E-state index contributed by atoms with van der Waals surface area (Å²) in [5, 5.41) is 14.3. The molecule has 31 heavy (non-hydrogen) atoms. The number of rotatable bonds is 13. The molecule has 9 heteroatoms. The van der Waals surface area contributed by atoms with E-state index < -0.39 is 29.6 Å². The van der Waals surface area contributed by atoms with Crippen molar-refractivity contribution < 1.29 is 28.6 Å². The number of carbonyl (C=O) groups excluding carboxylic acids is 2. The molecule has 2 amide bonds. The van der Waals surface area contributed by atoms with Gasteiger partial charge in [-0.05, 0) is 58.1 Å². The molecule has 0 spiro atoms. The molecule has 0 bridgehead atoms. The highest BCUT2D eigenvalue weighted by Crippen LogP contribution is 2.20. The molecule has 0 aliphatic heterocycles. The van der Waals surface area contributed by atoms with E-state index in [1.165, 1.54) is 0 Å². The van der Waals surface area contributed by atoms with E-state index in [1.54, 1.807) is 39.0 Å². The quantitative estimate of drug-likeness (QED) is 0.348. The van der Waals surface area contributed by atoms with Crippen LogP contribution in [-0.4, -0.2) is 41.3 Å². The summed E-state index contributed by atoms with van der Waals surface area (Å²) in [4.78, 5) is 33.8. The standard InChI is InChI=1S/C22H34FN3O5/c1-22(2,3)31-21(30)26-16(12-13-18(24)27)14-25-17-10-7-9-15(20(17)23)8-5-4-6-11-19(28)29/h7,9-10,16,25H,4-6,8,11-14H2,1-3H3,(H2,24,27)(H,26,30)(H,28,29)/t16-/m0/s1. The van der Waals surface area contributed by atoms with Gasteiger partial charge in [0, 0.05) is 25.4 Å². The largest absolute Gasteiger partial charge is 0.481 e. The molecule has 0 radical (unpaired) electrons. The van der Waals surface area contributed by atoms with E-state index in [2.05, 4.69) is 10.6 Å². The zero-order chi connectivity index (χ0) is 23.4. The van der Waals surface area contributed by atoms with E-state index in [9.17, 15) is 18.8 Å². The van der Waals surface area contributed by atoms with Gasteiger partial charge >= 0.3 is 12.1 Å². The summed E-state index contributed by atoms with van der Waals surface area (Å²) in [6, 6.07) is 4.54. The van der Waals surface area contributed by atoms with Crippen LogP contribution in [0.4, 0.5) is 14.9 Å². The van der Waals surface area contributed by atoms with Gasteiger partial charge in [0.2, 0.25) is 5.91 Å². The van der Waals surface area contributed by atoms with Crippen molar-refractivity contribution in [3.05, 3.63) is 29.6 Å². The lowest BCUT2D eigenvalue weighted by Crippen LogP contribution is -2.43. The summed E-state index contributed by atoms with van der Waals surface area (Å²) in [6.45, 7) is 5.41. The number of nitrogens with two attached hydrogens (primary N) is 1. The van der Waals surface area contributed by atoms with Gasteiger partial charge in [-0.25, -0.2) is 9.18 Å². The second-order valence-corrected chi connectivity index (χ2v) is 8.46. The third kappa shape index (κ3) is 11.8. The number of halogens is 1. The van der Waals surface area contributed by atoms with Crippen molar-refractivity contribution in [2.24, 2.45) is 5.73 Å². The Morgan fingerprint density at radius 3 is 2.48 bits per heavy atom. The highest BCUT2D eigenvalue weighted by molar-refractivity contribution is 5.74. The van der Waals surface area contributed by atoms with Crippen molar-refractivity contribution in [2.45, 2.75) is 77.4 Å². The van der Waals surface area contributed by atoms with E-state index in [0.717, 1.165) is 0 Å². The molecule has 0 aliphatic rings. The fourth-order valence-electron chi connectivity index (χ4n) is 2.93. The molecule has 1 rings (SSSR count). The number of anilines is 1. The third-order valence-electron chi connectivity index (χ3n) is 4.41. The maximum absolute atomic E-state index is 14.8. The second kappa shape index (κ2) is 12.8. The normalized spacial score (nSPS) is 12.1. The molecule has 0 fully saturated rings. The minimum atomic E-state index is -0.830. The highest BCUT2D eigenvalue weighted by atomic mass is 19.1. The van der Waals surface area contributed by atoms with Crippen molar-refractivity contribution in [1.29, 1.82) is 0 Å². The number of carboxylic acid groups (broad SMARTS) is 1. The Kier molecular flexibility index (Phi) is 10.8. The maximum Gasteiger partial charge on any atom is 0.407 e. The van der Waals surface area contributed by atoms with Crippen LogP contribution in [0, 0.1) is 5.82 Å². The van der Waals surface area contributed by atoms with Gasteiger partial charge in [0.05, 0.1) is 5.69 Å². The topological polar surface area (TPSA) is 131 Å². The molecule has 0 saturated heterocycles. The number of ether oxygens (including phenoxy) is 1. The highest BCUT2D eigenvalue weighted by Gasteiger charge is 2.20. The molecule has 0 saturated carbocycles. The summed E-state index contributed by atoms with van der Waals surface area (Å²) >= 11 is 0. The van der Waals surface area contributed by atoms with Crippen LogP contribution >= 0.6 is 0 Å².